The fourth-order valence-corrected chi connectivity index (χ4v) is 5.26. The van der Waals surface area contributed by atoms with E-state index in [4.69, 9.17) is 5.73 Å². The van der Waals surface area contributed by atoms with Gasteiger partial charge in [-0.05, 0) is 61.0 Å². The lowest BCUT2D eigenvalue weighted by atomic mass is 9.79. The lowest BCUT2D eigenvalue weighted by molar-refractivity contribution is 0.149. The summed E-state index contributed by atoms with van der Waals surface area (Å²) in [5.74, 6) is 2.32. The second-order valence-corrected chi connectivity index (χ2v) is 8.28. The predicted molar refractivity (Wildman–Crippen MR) is 103 cm³/mol. The fourth-order valence-electron chi connectivity index (χ4n) is 4.44. The van der Waals surface area contributed by atoms with Crippen LogP contribution in [0.3, 0.4) is 0 Å². The van der Waals surface area contributed by atoms with Crippen molar-refractivity contribution >= 4 is 27.4 Å². The molecule has 1 aromatic heterocycles. The molecule has 0 unspecified atom stereocenters. The summed E-state index contributed by atoms with van der Waals surface area (Å²) in [5, 5.41) is 1.08. The third kappa shape index (κ3) is 3.66. The van der Waals surface area contributed by atoms with Gasteiger partial charge in [0, 0.05) is 38.1 Å². The van der Waals surface area contributed by atoms with Gasteiger partial charge >= 0.3 is 0 Å². The Labute approximate surface area is 153 Å². The zero-order chi connectivity index (χ0) is 17.2. The first-order valence-corrected chi connectivity index (χ1v) is 10.2. The smallest absolute Gasteiger partial charge is 0.150 e. The molecule has 1 aliphatic heterocycles. The monoisotopic (exact) mass is 362 g/mol. The van der Waals surface area contributed by atoms with Gasteiger partial charge < -0.3 is 10.6 Å². The van der Waals surface area contributed by atoms with E-state index in [9.17, 15) is 4.39 Å². The zero-order valence-corrected chi connectivity index (χ0v) is 15.5. The minimum Gasteiger partial charge on any atom is -0.353 e. The van der Waals surface area contributed by atoms with Gasteiger partial charge in [-0.3, -0.25) is 4.90 Å². The highest BCUT2D eigenvalue weighted by molar-refractivity contribution is 7.13. The van der Waals surface area contributed by atoms with Gasteiger partial charge in [0.15, 0.2) is 0 Å². The van der Waals surface area contributed by atoms with E-state index in [1.54, 1.807) is 6.07 Å². The molecular formula is C19H27FN4S. The molecule has 2 fully saturated rings. The molecule has 0 amide bonds. The van der Waals surface area contributed by atoms with Crippen molar-refractivity contribution in [2.75, 3.05) is 44.2 Å². The summed E-state index contributed by atoms with van der Waals surface area (Å²) in [6, 6.07) is 4.99. The van der Waals surface area contributed by atoms with E-state index in [2.05, 4.69) is 14.2 Å². The molecule has 136 valence electrons. The Kier molecular flexibility index (Phi) is 5.20. The molecule has 2 heterocycles. The minimum atomic E-state index is -0.186. The Hall–Kier alpha value is -1.24. The van der Waals surface area contributed by atoms with E-state index in [-0.39, 0.29) is 5.82 Å². The molecule has 0 spiro atoms. The zero-order valence-electron chi connectivity index (χ0n) is 14.7. The quantitative estimate of drug-likeness (QED) is 0.906. The van der Waals surface area contributed by atoms with E-state index in [0.29, 0.717) is 5.92 Å². The van der Waals surface area contributed by atoms with Gasteiger partial charge in [-0.15, -0.1) is 0 Å². The SMILES string of the molecule is NC[C@@H]1CCCC[C@H]1CN1CCN(c2nsc3cc(F)ccc23)CC1. The van der Waals surface area contributed by atoms with Crippen LogP contribution in [0.15, 0.2) is 18.2 Å². The molecule has 2 aromatic rings. The van der Waals surface area contributed by atoms with Crippen molar-refractivity contribution in [3.8, 4) is 0 Å². The van der Waals surface area contributed by atoms with Crippen molar-refractivity contribution in [2.24, 2.45) is 17.6 Å². The number of piperazine rings is 1. The highest BCUT2D eigenvalue weighted by atomic mass is 32.1. The number of fused-ring (bicyclic) bond motifs is 1. The Morgan fingerprint density at radius 1 is 1.12 bits per heavy atom. The Morgan fingerprint density at radius 3 is 2.64 bits per heavy atom. The summed E-state index contributed by atoms with van der Waals surface area (Å²) in [7, 11) is 0. The highest BCUT2D eigenvalue weighted by Gasteiger charge is 2.28. The normalized spacial score (nSPS) is 25.6. The number of hydrogen-bond donors (Lipinski definition) is 1. The van der Waals surface area contributed by atoms with Crippen LogP contribution >= 0.6 is 11.5 Å². The second-order valence-electron chi connectivity index (χ2n) is 7.47. The molecular weight excluding hydrogens is 335 g/mol. The maximum atomic E-state index is 13.4. The average Bonchev–Trinajstić information content (AvgIpc) is 3.06. The molecule has 4 nitrogen and oxygen atoms in total. The van der Waals surface area contributed by atoms with Gasteiger partial charge in [-0.1, -0.05) is 12.8 Å². The first kappa shape index (κ1) is 17.2. The minimum absolute atomic E-state index is 0.186. The highest BCUT2D eigenvalue weighted by Crippen LogP contribution is 2.32. The molecule has 1 aromatic carbocycles. The molecule has 25 heavy (non-hydrogen) atoms. The van der Waals surface area contributed by atoms with Crippen LogP contribution < -0.4 is 10.6 Å². The van der Waals surface area contributed by atoms with E-state index >= 15 is 0 Å². The third-order valence-electron chi connectivity index (χ3n) is 5.95. The fraction of sp³-hybridized carbons (Fsp3) is 0.632. The number of nitrogens with zero attached hydrogens (tertiary/aromatic N) is 3. The van der Waals surface area contributed by atoms with Crippen LogP contribution in [-0.4, -0.2) is 48.5 Å². The second kappa shape index (κ2) is 7.56. The first-order chi connectivity index (χ1) is 12.2. The molecule has 0 bridgehead atoms. The lowest BCUT2D eigenvalue weighted by Crippen LogP contribution is -2.49. The molecule has 2 N–H and O–H groups in total. The summed E-state index contributed by atoms with van der Waals surface area (Å²) in [6.07, 6.45) is 5.36. The van der Waals surface area contributed by atoms with E-state index in [1.165, 1.54) is 49.8 Å². The molecule has 1 saturated carbocycles. The number of halogens is 1. The number of nitrogens with two attached hydrogens (primary N) is 1. The molecule has 4 rings (SSSR count). The van der Waals surface area contributed by atoms with Crippen molar-refractivity contribution in [1.82, 2.24) is 9.27 Å². The Morgan fingerprint density at radius 2 is 1.88 bits per heavy atom. The molecule has 0 radical (unpaired) electrons. The van der Waals surface area contributed by atoms with Crippen molar-refractivity contribution in [1.29, 1.82) is 0 Å². The van der Waals surface area contributed by atoms with Gasteiger partial charge in [0.25, 0.3) is 0 Å². The summed E-state index contributed by atoms with van der Waals surface area (Å²) in [4.78, 5) is 4.96. The summed E-state index contributed by atoms with van der Waals surface area (Å²) >= 11 is 1.40. The maximum absolute atomic E-state index is 13.4. The van der Waals surface area contributed by atoms with Crippen LogP contribution in [-0.2, 0) is 0 Å². The lowest BCUT2D eigenvalue weighted by Gasteiger charge is -2.39. The van der Waals surface area contributed by atoms with Crippen LogP contribution in [0.25, 0.3) is 10.1 Å². The maximum Gasteiger partial charge on any atom is 0.150 e. The van der Waals surface area contributed by atoms with Gasteiger partial charge in [-0.2, -0.15) is 4.37 Å². The van der Waals surface area contributed by atoms with Crippen LogP contribution in [0.1, 0.15) is 25.7 Å². The van der Waals surface area contributed by atoms with Gasteiger partial charge in [-0.25, -0.2) is 4.39 Å². The number of anilines is 1. The van der Waals surface area contributed by atoms with E-state index in [0.717, 1.165) is 54.5 Å². The molecule has 1 saturated heterocycles. The van der Waals surface area contributed by atoms with Crippen molar-refractivity contribution < 1.29 is 4.39 Å². The average molecular weight is 363 g/mol. The standard InChI is InChI=1S/C19H27FN4S/c20-16-5-6-17-18(11-16)25-22-19(17)24-9-7-23(8-10-24)13-15-4-2-1-3-14(15)12-21/h5-6,11,14-15H,1-4,7-10,12-13,21H2/t14-,15-/m0/s1. The third-order valence-corrected chi connectivity index (χ3v) is 6.75. The van der Waals surface area contributed by atoms with Crippen LogP contribution in [0.2, 0.25) is 0 Å². The Balaban J connectivity index is 1.37. The molecule has 2 atom stereocenters. The molecule has 1 aliphatic carbocycles. The van der Waals surface area contributed by atoms with Crippen molar-refractivity contribution in [2.45, 2.75) is 25.7 Å². The topological polar surface area (TPSA) is 45.4 Å². The number of rotatable bonds is 4. The van der Waals surface area contributed by atoms with Crippen LogP contribution in [0, 0.1) is 17.7 Å². The summed E-state index contributed by atoms with van der Waals surface area (Å²) < 4.78 is 18.9. The van der Waals surface area contributed by atoms with Crippen LogP contribution in [0.5, 0.6) is 0 Å². The number of benzene rings is 1. The number of aromatic nitrogens is 1. The van der Waals surface area contributed by atoms with Gasteiger partial charge in [0.2, 0.25) is 0 Å². The summed E-state index contributed by atoms with van der Waals surface area (Å²) in [6.45, 7) is 6.18. The Bertz CT molecular complexity index is 711. The van der Waals surface area contributed by atoms with Crippen molar-refractivity contribution in [3.05, 3.63) is 24.0 Å². The van der Waals surface area contributed by atoms with Gasteiger partial charge in [0.05, 0.1) is 4.70 Å². The first-order valence-electron chi connectivity index (χ1n) is 9.47. The van der Waals surface area contributed by atoms with Crippen molar-refractivity contribution in [3.63, 3.8) is 0 Å². The largest absolute Gasteiger partial charge is 0.353 e. The molecule has 2 aliphatic rings. The van der Waals surface area contributed by atoms with E-state index < -0.39 is 0 Å². The number of hydrogen-bond acceptors (Lipinski definition) is 5. The van der Waals surface area contributed by atoms with E-state index in [1.807, 2.05) is 6.07 Å². The van der Waals surface area contributed by atoms with Gasteiger partial charge in [0.1, 0.15) is 11.6 Å². The summed E-state index contributed by atoms with van der Waals surface area (Å²) in [5.41, 5.74) is 5.99. The molecule has 6 heteroatoms. The van der Waals surface area contributed by atoms with Crippen LogP contribution in [0.4, 0.5) is 10.2 Å². The predicted octanol–water partition coefficient (Wildman–Crippen LogP) is 3.32.